The van der Waals surface area contributed by atoms with Crippen molar-refractivity contribution in [1.82, 2.24) is 4.73 Å². The highest BCUT2D eigenvalue weighted by atomic mass is 16.7. The zero-order valence-electron chi connectivity index (χ0n) is 7.45. The Balaban J connectivity index is 3.54. The van der Waals surface area contributed by atoms with Crippen LogP contribution in [-0.4, -0.2) is 21.7 Å². The Bertz CT molecular complexity index is 440. The summed E-state index contributed by atoms with van der Waals surface area (Å²) in [5.41, 5.74) is -3.07. The van der Waals surface area contributed by atoms with E-state index in [-0.39, 0.29) is 0 Å². The molecule has 0 atom stereocenters. The Morgan fingerprint density at radius 3 is 1.87 bits per heavy atom. The lowest BCUT2D eigenvalue weighted by atomic mass is 10.3. The minimum atomic E-state index is -1.25. The molecule has 9 heteroatoms. The standard InChI is InChI=1S/C6H5N3O6/c1-15-7-2-4(8(11)12)6(10)5(3-7)9(13)14/h2-3H,1H3. The minimum Gasteiger partial charge on any atom is -0.417 e. The average Bonchev–Trinajstić information content (AvgIpc) is 2.17. The molecule has 0 unspecified atom stereocenters. The maximum absolute atomic E-state index is 11.2. The molecule has 0 aliphatic heterocycles. The van der Waals surface area contributed by atoms with Gasteiger partial charge < -0.3 is 4.84 Å². The molecule has 1 aromatic heterocycles. The lowest BCUT2D eigenvalue weighted by Gasteiger charge is -2.02. The van der Waals surface area contributed by atoms with Crippen LogP contribution in [0.3, 0.4) is 0 Å². The fourth-order valence-electron chi connectivity index (χ4n) is 0.892. The Labute approximate surface area is 81.8 Å². The predicted octanol–water partition coefficient (Wildman–Crippen LogP) is -0.277. The van der Waals surface area contributed by atoms with Crippen LogP contribution in [0.15, 0.2) is 17.2 Å². The van der Waals surface area contributed by atoms with Gasteiger partial charge >= 0.3 is 16.8 Å². The normalized spacial score (nSPS) is 9.67. The molecule has 1 heterocycles. The molecular formula is C6H5N3O6. The number of aromatic nitrogens is 1. The second-order valence-corrected chi connectivity index (χ2v) is 2.41. The first kappa shape index (κ1) is 10.6. The van der Waals surface area contributed by atoms with Crippen LogP contribution in [0.2, 0.25) is 0 Å². The van der Waals surface area contributed by atoms with E-state index in [9.17, 15) is 25.0 Å². The molecule has 0 spiro atoms. The fraction of sp³-hybridized carbons (Fsp3) is 0.167. The largest absolute Gasteiger partial charge is 0.417 e. The number of nitrogens with zero attached hydrogens (tertiary/aromatic N) is 3. The fourth-order valence-corrected chi connectivity index (χ4v) is 0.892. The van der Waals surface area contributed by atoms with Crippen molar-refractivity contribution in [1.29, 1.82) is 0 Å². The SMILES string of the molecule is COn1cc([N+](=O)[O-])c(=O)c([N+](=O)[O-])c1. The van der Waals surface area contributed by atoms with Crippen molar-refractivity contribution >= 4 is 11.4 Å². The summed E-state index contributed by atoms with van der Waals surface area (Å²) in [5.74, 6) is 0. The molecule has 0 saturated heterocycles. The first-order valence-corrected chi connectivity index (χ1v) is 3.57. The molecule has 0 aliphatic carbocycles. The number of pyridine rings is 1. The summed E-state index contributed by atoms with van der Waals surface area (Å²) >= 11 is 0. The molecule has 0 N–H and O–H groups in total. The van der Waals surface area contributed by atoms with E-state index in [1.165, 1.54) is 0 Å². The summed E-state index contributed by atoms with van der Waals surface area (Å²) in [4.78, 5) is 34.4. The van der Waals surface area contributed by atoms with Gasteiger partial charge in [0.15, 0.2) is 0 Å². The Kier molecular flexibility index (Phi) is 2.65. The highest BCUT2D eigenvalue weighted by Crippen LogP contribution is 2.10. The third-order valence-corrected chi connectivity index (χ3v) is 1.57. The van der Waals surface area contributed by atoms with Gasteiger partial charge in [0.05, 0.1) is 9.85 Å². The predicted molar refractivity (Wildman–Crippen MR) is 46.5 cm³/mol. The molecule has 0 amide bonds. The molecule has 0 saturated carbocycles. The van der Waals surface area contributed by atoms with Crippen LogP contribution in [0.1, 0.15) is 0 Å². The lowest BCUT2D eigenvalue weighted by molar-refractivity contribution is -0.397. The van der Waals surface area contributed by atoms with Gasteiger partial charge in [-0.2, -0.15) is 4.73 Å². The first-order valence-electron chi connectivity index (χ1n) is 3.57. The van der Waals surface area contributed by atoms with Crippen LogP contribution in [0.25, 0.3) is 0 Å². The van der Waals surface area contributed by atoms with E-state index in [0.29, 0.717) is 0 Å². The zero-order valence-corrected chi connectivity index (χ0v) is 7.45. The summed E-state index contributed by atoms with van der Waals surface area (Å²) in [6, 6.07) is 0. The average molecular weight is 215 g/mol. The first-order chi connectivity index (χ1) is 6.97. The van der Waals surface area contributed by atoms with E-state index in [1.54, 1.807) is 0 Å². The van der Waals surface area contributed by atoms with Gasteiger partial charge in [-0.3, -0.25) is 25.0 Å². The van der Waals surface area contributed by atoms with Gasteiger partial charge in [0.25, 0.3) is 0 Å². The number of rotatable bonds is 3. The van der Waals surface area contributed by atoms with E-state index in [2.05, 4.69) is 4.84 Å². The van der Waals surface area contributed by atoms with Gasteiger partial charge in [-0.1, -0.05) is 0 Å². The maximum atomic E-state index is 11.2. The van der Waals surface area contributed by atoms with Gasteiger partial charge in [-0.25, -0.2) is 0 Å². The van der Waals surface area contributed by atoms with Crippen LogP contribution < -0.4 is 10.3 Å². The summed E-state index contributed by atoms with van der Waals surface area (Å²) in [6.45, 7) is 0. The summed E-state index contributed by atoms with van der Waals surface area (Å²) < 4.78 is 0.720. The molecule has 0 aliphatic rings. The van der Waals surface area contributed by atoms with Crippen LogP contribution in [0.5, 0.6) is 0 Å². The smallest absolute Gasteiger partial charge is 0.343 e. The van der Waals surface area contributed by atoms with Crippen molar-refractivity contribution in [3.8, 4) is 0 Å². The number of nitro groups is 2. The minimum absolute atomic E-state index is 0.720. The number of hydrogen-bond acceptors (Lipinski definition) is 6. The molecule has 9 nitrogen and oxygen atoms in total. The van der Waals surface area contributed by atoms with E-state index in [4.69, 9.17) is 0 Å². The Morgan fingerprint density at radius 1 is 1.20 bits per heavy atom. The van der Waals surface area contributed by atoms with Gasteiger partial charge in [0.1, 0.15) is 19.5 Å². The Morgan fingerprint density at radius 2 is 1.60 bits per heavy atom. The summed E-state index contributed by atoms with van der Waals surface area (Å²) in [7, 11) is 1.15. The third kappa shape index (κ3) is 1.90. The van der Waals surface area contributed by atoms with Gasteiger partial charge in [-0.15, -0.1) is 0 Å². The van der Waals surface area contributed by atoms with Crippen molar-refractivity contribution in [3.05, 3.63) is 42.8 Å². The third-order valence-electron chi connectivity index (χ3n) is 1.57. The van der Waals surface area contributed by atoms with E-state index >= 15 is 0 Å². The van der Waals surface area contributed by atoms with Crippen molar-refractivity contribution in [2.75, 3.05) is 7.11 Å². The highest BCUT2D eigenvalue weighted by molar-refractivity contribution is 5.38. The quantitative estimate of drug-likeness (QED) is 0.505. The molecule has 1 rings (SSSR count). The lowest BCUT2D eigenvalue weighted by Crippen LogP contribution is -2.18. The molecule has 80 valence electrons. The summed E-state index contributed by atoms with van der Waals surface area (Å²) in [5, 5.41) is 20.8. The van der Waals surface area contributed by atoms with Gasteiger partial charge in [-0.05, 0) is 0 Å². The zero-order chi connectivity index (χ0) is 11.6. The summed E-state index contributed by atoms with van der Waals surface area (Å²) in [6.07, 6.45) is 1.52. The second kappa shape index (κ2) is 3.74. The topological polar surface area (TPSA) is 118 Å². The van der Waals surface area contributed by atoms with E-state index < -0.39 is 26.7 Å². The van der Waals surface area contributed by atoms with Crippen molar-refractivity contribution in [3.63, 3.8) is 0 Å². The monoisotopic (exact) mass is 215 g/mol. The van der Waals surface area contributed by atoms with E-state index in [0.717, 1.165) is 24.2 Å². The van der Waals surface area contributed by atoms with Crippen LogP contribution in [0.4, 0.5) is 11.4 Å². The number of hydrogen-bond donors (Lipinski definition) is 0. The molecular weight excluding hydrogens is 210 g/mol. The van der Waals surface area contributed by atoms with Gasteiger partial charge in [0.2, 0.25) is 0 Å². The van der Waals surface area contributed by atoms with Crippen LogP contribution in [-0.2, 0) is 0 Å². The van der Waals surface area contributed by atoms with Crippen molar-refractivity contribution < 1.29 is 14.7 Å². The molecule has 0 bridgehead atoms. The second-order valence-electron chi connectivity index (χ2n) is 2.41. The maximum Gasteiger partial charge on any atom is 0.343 e. The van der Waals surface area contributed by atoms with E-state index in [1.807, 2.05) is 0 Å². The van der Waals surface area contributed by atoms with Gasteiger partial charge in [0, 0.05) is 0 Å². The van der Waals surface area contributed by atoms with Crippen molar-refractivity contribution in [2.45, 2.75) is 0 Å². The molecule has 0 aromatic carbocycles. The molecule has 15 heavy (non-hydrogen) atoms. The van der Waals surface area contributed by atoms with Crippen LogP contribution >= 0.6 is 0 Å². The molecule has 1 aromatic rings. The van der Waals surface area contributed by atoms with Crippen LogP contribution in [0, 0.1) is 20.2 Å². The molecule has 0 fully saturated rings. The van der Waals surface area contributed by atoms with Crippen molar-refractivity contribution in [2.24, 2.45) is 0 Å². The molecule has 0 radical (unpaired) electrons. The highest BCUT2D eigenvalue weighted by Gasteiger charge is 2.24. The Hall–Kier alpha value is -2.45.